The van der Waals surface area contributed by atoms with Gasteiger partial charge in [-0.3, -0.25) is 15.1 Å². The summed E-state index contributed by atoms with van der Waals surface area (Å²) in [6, 6.07) is 14.8. The van der Waals surface area contributed by atoms with Gasteiger partial charge in [0.1, 0.15) is 17.5 Å². The van der Waals surface area contributed by atoms with Crippen LogP contribution < -0.4 is 5.32 Å². The highest BCUT2D eigenvalue weighted by atomic mass is 19.1. The molecule has 1 unspecified atom stereocenters. The zero-order chi connectivity index (χ0) is 25.7. The van der Waals surface area contributed by atoms with Crippen LogP contribution in [-0.2, 0) is 19.9 Å². The monoisotopic (exact) mass is 492 g/mol. The van der Waals surface area contributed by atoms with Crippen molar-refractivity contribution < 1.29 is 28.6 Å². The van der Waals surface area contributed by atoms with Crippen LogP contribution in [0.3, 0.4) is 0 Å². The lowest BCUT2D eigenvalue weighted by Crippen LogP contribution is -2.57. The molecule has 0 aliphatic carbocycles. The zero-order valence-corrected chi connectivity index (χ0v) is 20.2. The number of aromatic nitrogens is 1. The Hall–Kier alpha value is -3.62. The van der Waals surface area contributed by atoms with Crippen LogP contribution >= 0.6 is 0 Å². The predicted molar refractivity (Wildman–Crippen MR) is 132 cm³/mol. The predicted octanol–water partition coefficient (Wildman–Crippen LogP) is 3.96. The van der Waals surface area contributed by atoms with Crippen LogP contribution in [0.2, 0.25) is 0 Å². The Labute approximate surface area is 209 Å². The standard InChI is InChI=1S/C28H29FN2O5/c1-18(19-4-6-20(7-5-19)21-14-22(16-30-15-21)26(33)35-2)25-27(34)36-28(17-31-25,12-3-13-32)23-8-10-24(29)11-9-23/h4-11,14-16,18,25,31-32H,3,12-13,17H2,1-2H3/t18-,25?,28-/m0/s1. The molecule has 0 radical (unpaired) electrons. The van der Waals surface area contributed by atoms with Gasteiger partial charge in [-0.1, -0.05) is 43.3 Å². The number of carbonyl (C=O) groups excluding carboxylic acids is 2. The number of aliphatic hydroxyl groups is 1. The van der Waals surface area contributed by atoms with Crippen LogP contribution in [-0.4, -0.2) is 48.3 Å². The van der Waals surface area contributed by atoms with Crippen LogP contribution in [0.1, 0.15) is 47.2 Å². The van der Waals surface area contributed by atoms with Crippen LogP contribution in [0.4, 0.5) is 4.39 Å². The minimum Gasteiger partial charge on any atom is -0.465 e. The minimum absolute atomic E-state index is 0.0370. The second-order valence-electron chi connectivity index (χ2n) is 8.97. The van der Waals surface area contributed by atoms with E-state index in [-0.39, 0.29) is 18.3 Å². The summed E-state index contributed by atoms with van der Waals surface area (Å²) in [7, 11) is 1.33. The molecule has 2 aromatic carbocycles. The number of methoxy groups -OCH3 is 1. The first kappa shape index (κ1) is 25.5. The fraction of sp³-hybridized carbons (Fsp3) is 0.321. The molecule has 188 valence electrons. The maximum Gasteiger partial charge on any atom is 0.339 e. The van der Waals surface area contributed by atoms with Crippen molar-refractivity contribution in [2.75, 3.05) is 20.3 Å². The molecule has 2 N–H and O–H groups in total. The molecular weight excluding hydrogens is 463 g/mol. The number of cyclic esters (lactones) is 1. The number of aliphatic hydroxyl groups excluding tert-OH is 1. The average Bonchev–Trinajstić information content (AvgIpc) is 2.91. The number of rotatable bonds is 8. The van der Waals surface area contributed by atoms with Gasteiger partial charge in [0.05, 0.1) is 12.7 Å². The van der Waals surface area contributed by atoms with E-state index in [0.717, 1.165) is 16.7 Å². The van der Waals surface area contributed by atoms with Crippen molar-refractivity contribution in [1.29, 1.82) is 0 Å². The lowest BCUT2D eigenvalue weighted by atomic mass is 9.84. The molecular formula is C28H29FN2O5. The Kier molecular flexibility index (Phi) is 7.76. The molecule has 0 saturated carbocycles. The molecule has 2 heterocycles. The summed E-state index contributed by atoms with van der Waals surface area (Å²) in [5, 5.41) is 12.7. The molecule has 7 nitrogen and oxygen atoms in total. The van der Waals surface area contributed by atoms with Crippen molar-refractivity contribution in [3.63, 3.8) is 0 Å². The summed E-state index contributed by atoms with van der Waals surface area (Å²) in [4.78, 5) is 29.1. The van der Waals surface area contributed by atoms with Gasteiger partial charge in [0.25, 0.3) is 0 Å². The number of esters is 2. The number of morpholine rings is 1. The maximum absolute atomic E-state index is 13.5. The van der Waals surface area contributed by atoms with Gasteiger partial charge in [-0.15, -0.1) is 0 Å². The molecule has 4 rings (SSSR count). The topological polar surface area (TPSA) is 97.8 Å². The minimum atomic E-state index is -0.967. The molecule has 0 amide bonds. The van der Waals surface area contributed by atoms with Gasteiger partial charge in [-0.05, 0) is 47.7 Å². The highest BCUT2D eigenvalue weighted by Crippen LogP contribution is 2.36. The van der Waals surface area contributed by atoms with E-state index in [9.17, 15) is 19.1 Å². The fourth-order valence-corrected chi connectivity index (χ4v) is 4.59. The van der Waals surface area contributed by atoms with E-state index < -0.39 is 23.6 Å². The molecule has 3 aromatic rings. The number of hydrogen-bond acceptors (Lipinski definition) is 7. The van der Waals surface area contributed by atoms with Crippen LogP contribution in [0.15, 0.2) is 67.0 Å². The Morgan fingerprint density at radius 2 is 1.92 bits per heavy atom. The Morgan fingerprint density at radius 1 is 1.19 bits per heavy atom. The van der Waals surface area contributed by atoms with Crippen molar-refractivity contribution in [2.45, 2.75) is 37.3 Å². The quantitative estimate of drug-likeness (QED) is 0.460. The Bertz CT molecular complexity index is 1220. The van der Waals surface area contributed by atoms with E-state index in [1.807, 2.05) is 31.2 Å². The smallest absolute Gasteiger partial charge is 0.339 e. The van der Waals surface area contributed by atoms with Gasteiger partial charge in [0.2, 0.25) is 0 Å². The number of carbonyl (C=O) groups is 2. The molecule has 0 spiro atoms. The van der Waals surface area contributed by atoms with E-state index in [2.05, 4.69) is 10.3 Å². The second-order valence-corrected chi connectivity index (χ2v) is 8.97. The fourth-order valence-electron chi connectivity index (χ4n) is 4.59. The second kappa shape index (κ2) is 11.0. The number of ether oxygens (including phenoxy) is 2. The van der Waals surface area contributed by atoms with Crippen molar-refractivity contribution >= 4 is 11.9 Å². The van der Waals surface area contributed by atoms with E-state index in [0.29, 0.717) is 30.5 Å². The molecule has 1 saturated heterocycles. The number of hydrogen-bond donors (Lipinski definition) is 2. The third-order valence-corrected chi connectivity index (χ3v) is 6.70. The van der Waals surface area contributed by atoms with Gasteiger partial charge >= 0.3 is 11.9 Å². The van der Waals surface area contributed by atoms with E-state index >= 15 is 0 Å². The Balaban J connectivity index is 1.50. The summed E-state index contributed by atoms with van der Waals surface area (Å²) >= 11 is 0. The number of halogens is 1. The number of benzene rings is 2. The first-order chi connectivity index (χ1) is 17.4. The first-order valence-corrected chi connectivity index (χ1v) is 11.8. The zero-order valence-electron chi connectivity index (χ0n) is 20.2. The molecule has 0 bridgehead atoms. The van der Waals surface area contributed by atoms with Crippen LogP contribution in [0.5, 0.6) is 0 Å². The van der Waals surface area contributed by atoms with Gasteiger partial charge in [-0.25, -0.2) is 9.18 Å². The van der Waals surface area contributed by atoms with Gasteiger partial charge in [0.15, 0.2) is 0 Å². The van der Waals surface area contributed by atoms with Crippen LogP contribution in [0.25, 0.3) is 11.1 Å². The largest absolute Gasteiger partial charge is 0.465 e. The number of nitrogens with zero attached hydrogens (tertiary/aromatic N) is 1. The number of pyridine rings is 1. The van der Waals surface area contributed by atoms with E-state index in [1.165, 1.54) is 25.4 Å². The maximum atomic E-state index is 13.5. The molecule has 1 fully saturated rings. The lowest BCUT2D eigenvalue weighted by Gasteiger charge is -2.42. The molecule has 1 aromatic heterocycles. The highest BCUT2D eigenvalue weighted by molar-refractivity contribution is 5.90. The van der Waals surface area contributed by atoms with Gasteiger partial charge in [-0.2, -0.15) is 0 Å². The Morgan fingerprint density at radius 3 is 2.56 bits per heavy atom. The summed E-state index contributed by atoms with van der Waals surface area (Å²) in [6.45, 7) is 2.26. The van der Waals surface area contributed by atoms with Crippen LogP contribution in [0, 0.1) is 5.82 Å². The molecule has 1 aliphatic rings. The van der Waals surface area contributed by atoms with Gasteiger partial charge in [0, 0.05) is 37.0 Å². The molecule has 36 heavy (non-hydrogen) atoms. The van der Waals surface area contributed by atoms with Crippen molar-refractivity contribution in [3.8, 4) is 11.1 Å². The lowest BCUT2D eigenvalue weighted by molar-refractivity contribution is -0.173. The van der Waals surface area contributed by atoms with Crippen molar-refractivity contribution in [3.05, 3.63) is 89.5 Å². The highest BCUT2D eigenvalue weighted by Gasteiger charge is 2.44. The third kappa shape index (κ3) is 5.29. The van der Waals surface area contributed by atoms with E-state index in [4.69, 9.17) is 9.47 Å². The first-order valence-electron chi connectivity index (χ1n) is 11.8. The average molecular weight is 493 g/mol. The SMILES string of the molecule is COC(=O)c1cncc(-c2ccc([C@H](C)C3NC[C@@](CCCO)(c4ccc(F)cc4)OC3=O)cc2)c1. The summed E-state index contributed by atoms with van der Waals surface area (Å²) in [5.41, 5.74) is 2.69. The van der Waals surface area contributed by atoms with Crippen molar-refractivity contribution in [1.82, 2.24) is 10.3 Å². The molecule has 3 atom stereocenters. The molecule has 1 aliphatic heterocycles. The molecule has 8 heteroatoms. The summed E-state index contributed by atoms with van der Waals surface area (Å²) in [5.74, 6) is -1.40. The number of nitrogens with one attached hydrogen (secondary N) is 1. The van der Waals surface area contributed by atoms with Gasteiger partial charge < -0.3 is 14.6 Å². The normalized spacial score (nSPS) is 20.4. The van der Waals surface area contributed by atoms with Crippen molar-refractivity contribution in [2.24, 2.45) is 0 Å². The summed E-state index contributed by atoms with van der Waals surface area (Å²) < 4.78 is 24.3. The van der Waals surface area contributed by atoms with E-state index in [1.54, 1.807) is 24.4 Å². The summed E-state index contributed by atoms with van der Waals surface area (Å²) in [6.07, 6.45) is 3.99. The third-order valence-electron chi connectivity index (χ3n) is 6.70.